The zero-order valence-corrected chi connectivity index (χ0v) is 82.8. The molecule has 0 spiro atoms. The van der Waals surface area contributed by atoms with Crippen LogP contribution in [0.1, 0.15) is 191 Å². The van der Waals surface area contributed by atoms with Crippen molar-refractivity contribution in [3.8, 4) is 85.6 Å². The molecule has 15 aromatic rings. The number of hydrogen-bond acceptors (Lipinski definition) is 33. The lowest BCUT2D eigenvalue weighted by Crippen LogP contribution is -2.29. The molecule has 0 bridgehead atoms. The van der Waals surface area contributed by atoms with Crippen molar-refractivity contribution in [3.05, 3.63) is 214 Å². The quantitative estimate of drug-likeness (QED) is 0.0206. The summed E-state index contributed by atoms with van der Waals surface area (Å²) in [5, 5.41) is 95.7. The van der Waals surface area contributed by atoms with Crippen molar-refractivity contribution in [1.82, 2.24) is 128 Å². The van der Waals surface area contributed by atoms with Gasteiger partial charge < -0.3 is 55.3 Å². The molecule has 4 aliphatic rings. The van der Waals surface area contributed by atoms with Crippen molar-refractivity contribution in [2.24, 2.45) is 51.9 Å². The van der Waals surface area contributed by atoms with Gasteiger partial charge in [-0.05, 0) is 215 Å². The van der Waals surface area contributed by atoms with Gasteiger partial charge >= 0.3 is 23.9 Å². The van der Waals surface area contributed by atoms with Crippen LogP contribution in [0.3, 0.4) is 0 Å². The first-order chi connectivity index (χ1) is 69.0. The molecule has 19 rings (SSSR count). The molecular weight excluding hydrogens is 1870 g/mol. The molecule has 4 fully saturated rings. The van der Waals surface area contributed by atoms with Crippen LogP contribution in [-0.4, -0.2) is 197 Å². The summed E-state index contributed by atoms with van der Waals surface area (Å²) in [7, 11) is 7.33. The zero-order chi connectivity index (χ0) is 100. The van der Waals surface area contributed by atoms with E-state index in [2.05, 4.69) is 122 Å². The monoisotopic (exact) mass is 1980 g/mol. The third-order valence-electron chi connectivity index (χ3n) is 25.5. The number of benzene rings is 3. The summed E-state index contributed by atoms with van der Waals surface area (Å²) in [5.74, 6) is 0.0797. The molecule has 0 radical (unpaired) electrons. The minimum absolute atomic E-state index is 0.106. The van der Waals surface area contributed by atoms with Gasteiger partial charge in [-0.3, -0.25) is 19.2 Å². The van der Waals surface area contributed by atoms with Gasteiger partial charge in [-0.25, -0.2) is 62.4 Å². The van der Waals surface area contributed by atoms with E-state index < -0.39 is 23.9 Å². The van der Waals surface area contributed by atoms with Crippen LogP contribution in [0, 0.1) is 64.1 Å². The Morgan fingerprint density at radius 2 is 0.839 bits per heavy atom. The normalized spacial score (nSPS) is 17.8. The second-order valence-electron chi connectivity index (χ2n) is 36.5. The average molecular weight is 1990 g/mol. The summed E-state index contributed by atoms with van der Waals surface area (Å²) < 4.78 is 57.3. The predicted octanol–water partition coefficient (Wildman–Crippen LogP) is 15.4. The van der Waals surface area contributed by atoms with E-state index in [4.69, 9.17) is 38.9 Å². The molecule has 12 heterocycles. The van der Waals surface area contributed by atoms with Crippen LogP contribution in [0.25, 0.3) is 62.6 Å². The lowest BCUT2D eigenvalue weighted by Gasteiger charge is -2.27. The lowest BCUT2D eigenvalue weighted by atomic mass is 9.87. The molecule has 0 aliphatic heterocycles. The number of pyridine rings is 4. The highest BCUT2D eigenvalue weighted by Crippen LogP contribution is 2.38. The van der Waals surface area contributed by atoms with E-state index >= 15 is 0 Å². The second kappa shape index (κ2) is 46.4. The van der Waals surface area contributed by atoms with Crippen LogP contribution >= 0.6 is 23.1 Å². The average Bonchev–Trinajstić information content (AvgIpc) is 1.70. The largest absolute Gasteiger partial charge is 0.489 e. The molecule has 8 atom stereocenters. The smallest absolute Gasteiger partial charge is 0.306 e. The Balaban J connectivity index is 0.000000137. The number of rotatable bonds is 32. The van der Waals surface area contributed by atoms with Crippen LogP contribution in [0.5, 0.6) is 23.0 Å². The molecule has 12 aromatic heterocycles. The molecule has 4 saturated carbocycles. The first kappa shape index (κ1) is 101. The highest BCUT2D eigenvalue weighted by Gasteiger charge is 2.35. The number of nitrogens with one attached hydrogen (secondary N) is 3. The van der Waals surface area contributed by atoms with E-state index in [0.29, 0.717) is 181 Å². The maximum absolute atomic E-state index is 13.8. The Bertz CT molecular complexity index is 6900. The second-order valence-corrected chi connectivity index (χ2v) is 38.0. The predicted molar refractivity (Wildman–Crippen MR) is 528 cm³/mol. The van der Waals surface area contributed by atoms with Crippen molar-refractivity contribution in [1.29, 1.82) is 0 Å². The van der Waals surface area contributed by atoms with Crippen LogP contribution in [0.15, 0.2) is 140 Å². The maximum atomic E-state index is 13.8. The highest BCUT2D eigenvalue weighted by molar-refractivity contribution is 7.10. The minimum Gasteiger partial charge on any atom is -0.489 e. The summed E-state index contributed by atoms with van der Waals surface area (Å²) in [6.07, 6.45) is 15.4. The summed E-state index contributed by atoms with van der Waals surface area (Å²) in [6, 6.07) is 39.6. The van der Waals surface area contributed by atoms with Crippen LogP contribution in [0.2, 0.25) is 0 Å². The molecular formula is C99H114FN29O12S2. The Morgan fingerprint density at radius 3 is 1.24 bits per heavy atom. The molecule has 41 nitrogen and oxygen atoms in total. The van der Waals surface area contributed by atoms with Gasteiger partial charge in [0.1, 0.15) is 63.7 Å². The first-order valence-corrected chi connectivity index (χ1v) is 49.2. The van der Waals surface area contributed by atoms with Gasteiger partial charge in [-0.15, -0.1) is 30.6 Å². The number of hydrogen-bond donors (Lipinski definition) is 7. The number of anilines is 3. The van der Waals surface area contributed by atoms with Crippen LogP contribution < -0.4 is 34.9 Å². The third-order valence-corrected chi connectivity index (χ3v) is 26.9. The van der Waals surface area contributed by atoms with E-state index in [1.54, 1.807) is 30.5 Å². The number of aliphatic carboxylic acids is 4. The van der Waals surface area contributed by atoms with Gasteiger partial charge in [-0.2, -0.15) is 13.7 Å². The van der Waals surface area contributed by atoms with E-state index in [1.165, 1.54) is 51.8 Å². The molecule has 7 N–H and O–H groups in total. The van der Waals surface area contributed by atoms with Gasteiger partial charge in [0.25, 0.3) is 0 Å². The Hall–Kier alpha value is -15.4. The summed E-state index contributed by atoms with van der Waals surface area (Å²) in [4.78, 5) is 77.7. The topological polar surface area (TPSA) is 510 Å². The molecule has 3 aromatic carbocycles. The van der Waals surface area contributed by atoms with Crippen LogP contribution in [-0.2, 0) is 80.0 Å². The number of carbonyl (C=O) groups is 4. The molecule has 0 amide bonds. The van der Waals surface area contributed by atoms with Gasteiger partial charge in [0.2, 0.25) is 16.2 Å². The van der Waals surface area contributed by atoms with Crippen molar-refractivity contribution in [2.75, 3.05) is 16.0 Å². The van der Waals surface area contributed by atoms with Crippen molar-refractivity contribution >= 4 is 63.2 Å². The van der Waals surface area contributed by atoms with E-state index in [0.717, 1.165) is 119 Å². The fourth-order valence-electron chi connectivity index (χ4n) is 17.7. The molecule has 4 aliphatic carbocycles. The van der Waals surface area contributed by atoms with E-state index in [9.17, 15) is 44.0 Å². The number of carboxylic acid groups (broad SMARTS) is 4. The molecule has 143 heavy (non-hydrogen) atoms. The molecule has 746 valence electrons. The van der Waals surface area contributed by atoms with Crippen LogP contribution in [0.4, 0.5) is 20.6 Å². The Labute approximate surface area is 831 Å². The third kappa shape index (κ3) is 25.9. The van der Waals surface area contributed by atoms with Crippen molar-refractivity contribution in [2.45, 2.75) is 214 Å². The van der Waals surface area contributed by atoms with Crippen molar-refractivity contribution in [3.63, 3.8) is 0 Å². The number of aromatic nitrogens is 26. The SMILES string of the molecule is Cc1cc(F)cc(-n2cnc(NCc3c(-c4ccc(O[C@H]5CCC[C@H](C(=O)O)C5)c(C)n4)nnn3C)n2)c1.Cc1nc(-c2nnn(C)c2CNc2nc(-c3ccccc3)ns2)ccc1O[C@H]1CCC[C@H](C(=O)O)C1.Cc1nc(-c2nnn(C)c2CNc2nc(C(C)C)ns2)ccc1O[C@H]1CCC[C@H](C(=O)O)C1.Cc1nc(-c2nnn(C)c2Cn2cc(Cc3ccccc3)nn2)ccc1O[C@H]1CCC[C@H](C(=O)O)C1. The highest BCUT2D eigenvalue weighted by atomic mass is 32.1. The van der Waals surface area contributed by atoms with Gasteiger partial charge in [0, 0.05) is 75.4 Å². The number of nitrogens with zero attached hydrogens (tertiary/aromatic N) is 26. The lowest BCUT2D eigenvalue weighted by molar-refractivity contribution is -0.144. The molecule has 0 saturated heterocycles. The summed E-state index contributed by atoms with van der Waals surface area (Å²) in [6.45, 7) is 15.2. The zero-order valence-electron chi connectivity index (χ0n) is 81.2. The van der Waals surface area contributed by atoms with Gasteiger partial charge in [-0.1, -0.05) is 101 Å². The maximum Gasteiger partial charge on any atom is 0.306 e. The number of ether oxygens (including phenoxy) is 4. The number of halogens is 1. The minimum atomic E-state index is -0.765. The fourth-order valence-corrected chi connectivity index (χ4v) is 19.0. The van der Waals surface area contributed by atoms with E-state index in [-0.39, 0.29) is 59.8 Å². The van der Waals surface area contributed by atoms with Gasteiger partial charge in [0.15, 0.2) is 5.82 Å². The summed E-state index contributed by atoms with van der Waals surface area (Å²) >= 11 is 2.64. The molecule has 44 heteroatoms. The van der Waals surface area contributed by atoms with Crippen molar-refractivity contribution < 1.29 is 62.9 Å². The Morgan fingerprint density at radius 1 is 0.448 bits per heavy atom. The fraction of sp³-hybridized carbons (Fsp3) is 0.414. The summed E-state index contributed by atoms with van der Waals surface area (Å²) in [5.41, 5.74) is 16.1. The standard InChI is InChI=1S/C26H29FN8O3.C26H29N7O3.C25H27N7O3S.C22H29N7O3S/c1-15-9-18(27)12-19(10-15)35-14-29-26(32-35)28-13-22-24(31-33-34(22)3)21-7-8-23(16(2)30-21)38-20-6-4-5-17(11-20)25(36)37;1-17-24(36-21-10-6-9-19(14-21)26(34)35)12-11-22(27-17)25-23(32(2)30-29-25)16-33-15-20(28-31-33)13-18-7-4-3-5-8-18;1-15-21(35-18-10-6-9-17(13-18)24(33)34)12-11-19(27-15)22-20(32(2)31-29-22)14-26-25-28-23(30-36-25)16-7-4-3-5-8-16;1-12(2)20-25-22(33-27-20)23-11-17-19(26-28-29(17)4)16-8-9-18(13(3)24-16)32-15-7-5-6-14(10-15)21(30)31/h7-10,12,14,17,20H,4-6,11,13H2,1-3H3,(H,28,32)(H,36,37);3-5,7-8,11-12,15,19,21H,6,9-10,13-14,16H2,1-2H3,(H,34,35);3-5,7-8,11-12,17-18H,6,9-10,13-14H2,1-2H3,(H,33,34)(H,26,28,30);8-9,12,14-15H,5-7,10-11H2,1-4H3,(H,30,31)(H,23,25,27)/t17-,20-;19-,21-;17-,18-;14-,15-/m0000/s1. The first-order valence-electron chi connectivity index (χ1n) is 47.6. The number of carboxylic acids is 4. The number of aryl methyl sites for hydroxylation is 9. The van der Waals surface area contributed by atoms with Gasteiger partial charge in [0.05, 0.1) is 154 Å². The Kier molecular flexibility index (Phi) is 32.6. The molecule has 0 unspecified atom stereocenters. The van der Waals surface area contributed by atoms with E-state index in [1.807, 2.05) is 165 Å².